The number of hydrogen-bond donors (Lipinski definition) is 2. The Morgan fingerprint density at radius 1 is 0.963 bits per heavy atom. The van der Waals surface area contributed by atoms with E-state index < -0.39 is 10.0 Å². The second-order valence-electron chi connectivity index (χ2n) is 7.45. The average molecular weight is 452 g/mol. The van der Waals surface area contributed by atoms with Gasteiger partial charge in [0.25, 0.3) is 0 Å². The molecular weight excluding hydrogens is 426 g/mol. The Labute approximate surface area is 170 Å². The molecule has 1 fully saturated rings. The van der Waals surface area contributed by atoms with Gasteiger partial charge in [-0.1, -0.05) is 53.0 Å². The second-order valence-corrected chi connectivity index (χ2v) is 10.1. The molecule has 0 amide bonds. The molecule has 0 bridgehead atoms. The zero-order valence-corrected chi connectivity index (χ0v) is 17.7. The fourth-order valence-electron chi connectivity index (χ4n) is 3.87. The highest BCUT2D eigenvalue weighted by atomic mass is 79.9. The van der Waals surface area contributed by atoms with Gasteiger partial charge in [0.15, 0.2) is 0 Å². The summed E-state index contributed by atoms with van der Waals surface area (Å²) in [6.45, 7) is 0.616. The lowest BCUT2D eigenvalue weighted by atomic mass is 9.80. The van der Waals surface area contributed by atoms with Crippen LogP contribution in [0.5, 0.6) is 0 Å². The number of halogens is 1. The van der Waals surface area contributed by atoms with Crippen molar-refractivity contribution in [3.63, 3.8) is 0 Å². The Morgan fingerprint density at radius 3 is 2.15 bits per heavy atom. The molecule has 1 aliphatic carbocycles. The Morgan fingerprint density at radius 2 is 1.56 bits per heavy atom. The molecule has 6 heteroatoms. The fourth-order valence-corrected chi connectivity index (χ4v) is 5.29. The molecule has 0 aliphatic heterocycles. The number of hydrogen-bond acceptors (Lipinski definition) is 3. The molecule has 27 heavy (non-hydrogen) atoms. The van der Waals surface area contributed by atoms with E-state index in [9.17, 15) is 8.42 Å². The first-order valence-electron chi connectivity index (χ1n) is 9.36. The average Bonchev–Trinajstić information content (AvgIpc) is 3.11. The highest BCUT2D eigenvalue weighted by Crippen LogP contribution is 2.40. The van der Waals surface area contributed by atoms with Crippen molar-refractivity contribution in [2.75, 3.05) is 13.2 Å². The van der Waals surface area contributed by atoms with Crippen LogP contribution in [0.15, 0.2) is 57.9 Å². The first-order valence-corrected chi connectivity index (χ1v) is 11.6. The van der Waals surface area contributed by atoms with Gasteiger partial charge in [-0.15, -0.1) is 0 Å². The van der Waals surface area contributed by atoms with Crippen molar-refractivity contribution in [2.45, 2.75) is 43.4 Å². The van der Waals surface area contributed by atoms with Gasteiger partial charge in [-0.2, -0.15) is 0 Å². The van der Waals surface area contributed by atoms with Crippen LogP contribution in [0.4, 0.5) is 0 Å². The fraction of sp³-hybridized carbons (Fsp3) is 0.429. The van der Waals surface area contributed by atoms with Crippen molar-refractivity contribution in [3.8, 4) is 0 Å². The number of aliphatic hydroxyl groups excluding tert-OH is 1. The molecule has 146 valence electrons. The predicted octanol–water partition coefficient (Wildman–Crippen LogP) is 4.07. The summed E-state index contributed by atoms with van der Waals surface area (Å²) in [6, 6.07) is 15.0. The monoisotopic (exact) mass is 451 g/mol. The van der Waals surface area contributed by atoms with E-state index in [1.54, 1.807) is 24.3 Å². The Bertz CT molecular complexity index is 842. The summed E-state index contributed by atoms with van der Waals surface area (Å²) in [6.07, 6.45) is 5.89. The largest absolute Gasteiger partial charge is 0.396 e. The zero-order chi connectivity index (χ0) is 19.3. The third-order valence-corrected chi connectivity index (χ3v) is 7.37. The highest BCUT2D eigenvalue weighted by Gasteiger charge is 2.35. The quantitative estimate of drug-likeness (QED) is 0.635. The second kappa shape index (κ2) is 8.86. The normalized spacial score (nSPS) is 16.5. The molecule has 2 aromatic rings. The Balaban J connectivity index is 1.70. The van der Waals surface area contributed by atoms with E-state index in [-0.39, 0.29) is 12.0 Å². The van der Waals surface area contributed by atoms with Gasteiger partial charge in [-0.25, -0.2) is 13.1 Å². The van der Waals surface area contributed by atoms with E-state index >= 15 is 0 Å². The van der Waals surface area contributed by atoms with Crippen LogP contribution in [0, 0.1) is 5.41 Å². The molecule has 2 aromatic carbocycles. The van der Waals surface area contributed by atoms with Gasteiger partial charge >= 0.3 is 0 Å². The summed E-state index contributed by atoms with van der Waals surface area (Å²) < 4.78 is 29.0. The van der Waals surface area contributed by atoms with Gasteiger partial charge in [0, 0.05) is 17.6 Å². The summed E-state index contributed by atoms with van der Waals surface area (Å²) in [5, 5.41) is 9.05. The van der Waals surface area contributed by atoms with E-state index in [1.165, 1.54) is 5.56 Å². The Kier molecular flexibility index (Phi) is 6.74. The van der Waals surface area contributed by atoms with E-state index in [0.717, 1.165) is 42.1 Å². The molecular formula is C21H26BrNO3S. The molecule has 0 aromatic heterocycles. The standard InChI is InChI=1S/C21H26BrNO3S/c22-19-7-9-20(10-8-19)27(25,26)23-16-21(12-1-2-13-21)15-18-5-3-17(4-6-18)11-14-24/h3-10,23-24H,1-2,11-16H2. The molecule has 4 nitrogen and oxygen atoms in total. The summed E-state index contributed by atoms with van der Waals surface area (Å²) in [4.78, 5) is 0.298. The molecule has 2 N–H and O–H groups in total. The number of aliphatic hydroxyl groups is 1. The van der Waals surface area contributed by atoms with Crippen LogP contribution >= 0.6 is 15.9 Å². The van der Waals surface area contributed by atoms with Gasteiger partial charge < -0.3 is 5.11 Å². The third kappa shape index (κ3) is 5.41. The minimum absolute atomic E-state index is 0.0269. The first-order chi connectivity index (χ1) is 12.9. The summed E-state index contributed by atoms with van der Waals surface area (Å²) in [5.74, 6) is 0. The first kappa shape index (κ1) is 20.5. The summed E-state index contributed by atoms with van der Waals surface area (Å²) in [5.41, 5.74) is 2.32. The van der Waals surface area contributed by atoms with Crippen LogP contribution in [0.1, 0.15) is 36.8 Å². The van der Waals surface area contributed by atoms with Crippen LogP contribution in [-0.2, 0) is 22.9 Å². The molecule has 0 atom stereocenters. The topological polar surface area (TPSA) is 66.4 Å². The van der Waals surface area contributed by atoms with Crippen LogP contribution in [0.2, 0.25) is 0 Å². The summed E-state index contributed by atoms with van der Waals surface area (Å²) >= 11 is 3.34. The molecule has 0 heterocycles. The zero-order valence-electron chi connectivity index (χ0n) is 15.3. The molecule has 3 rings (SSSR count). The van der Waals surface area contributed by atoms with E-state index in [4.69, 9.17) is 5.11 Å². The van der Waals surface area contributed by atoms with Crippen molar-refractivity contribution < 1.29 is 13.5 Å². The van der Waals surface area contributed by atoms with Crippen molar-refractivity contribution in [2.24, 2.45) is 5.41 Å². The smallest absolute Gasteiger partial charge is 0.240 e. The van der Waals surface area contributed by atoms with Crippen molar-refractivity contribution in [1.82, 2.24) is 4.72 Å². The maximum Gasteiger partial charge on any atom is 0.240 e. The van der Waals surface area contributed by atoms with Crippen molar-refractivity contribution in [1.29, 1.82) is 0 Å². The van der Waals surface area contributed by atoms with Gasteiger partial charge in [-0.05, 0) is 66.5 Å². The maximum atomic E-state index is 12.7. The van der Waals surface area contributed by atoms with Crippen molar-refractivity contribution >= 4 is 26.0 Å². The van der Waals surface area contributed by atoms with E-state index in [0.29, 0.717) is 17.9 Å². The molecule has 1 saturated carbocycles. The maximum absolute atomic E-state index is 12.7. The Hall–Kier alpha value is -1.21. The minimum Gasteiger partial charge on any atom is -0.396 e. The predicted molar refractivity (Wildman–Crippen MR) is 111 cm³/mol. The third-order valence-electron chi connectivity index (χ3n) is 5.43. The number of benzene rings is 2. The van der Waals surface area contributed by atoms with Gasteiger partial charge in [-0.3, -0.25) is 0 Å². The lowest BCUT2D eigenvalue weighted by molar-refractivity contribution is 0.294. The van der Waals surface area contributed by atoms with Crippen LogP contribution in [0.25, 0.3) is 0 Å². The van der Waals surface area contributed by atoms with Gasteiger partial charge in [0.1, 0.15) is 0 Å². The molecule has 0 unspecified atom stereocenters. The highest BCUT2D eigenvalue weighted by molar-refractivity contribution is 9.10. The minimum atomic E-state index is -3.51. The van der Waals surface area contributed by atoms with E-state index in [1.807, 2.05) is 0 Å². The number of nitrogens with one attached hydrogen (secondary N) is 1. The summed E-state index contributed by atoms with van der Waals surface area (Å²) in [7, 11) is -3.51. The van der Waals surface area contributed by atoms with Gasteiger partial charge in [0.05, 0.1) is 4.90 Å². The van der Waals surface area contributed by atoms with Gasteiger partial charge in [0.2, 0.25) is 10.0 Å². The lowest BCUT2D eigenvalue weighted by Crippen LogP contribution is -2.37. The van der Waals surface area contributed by atoms with E-state index in [2.05, 4.69) is 44.9 Å². The number of rotatable bonds is 8. The van der Waals surface area contributed by atoms with Crippen LogP contribution in [0.3, 0.4) is 0 Å². The van der Waals surface area contributed by atoms with Crippen molar-refractivity contribution in [3.05, 3.63) is 64.1 Å². The molecule has 0 radical (unpaired) electrons. The van der Waals surface area contributed by atoms with Crippen LogP contribution in [-0.4, -0.2) is 26.7 Å². The molecule has 0 spiro atoms. The SMILES string of the molecule is O=S(=O)(NCC1(Cc2ccc(CCO)cc2)CCCC1)c1ccc(Br)cc1. The molecule has 0 saturated heterocycles. The lowest BCUT2D eigenvalue weighted by Gasteiger charge is -2.29. The van der Waals surface area contributed by atoms with Crippen LogP contribution < -0.4 is 4.72 Å². The molecule has 1 aliphatic rings. The number of sulfonamides is 1.